The van der Waals surface area contributed by atoms with Gasteiger partial charge in [0.15, 0.2) is 0 Å². The van der Waals surface area contributed by atoms with Crippen LogP contribution < -0.4 is 4.74 Å². The fourth-order valence-electron chi connectivity index (χ4n) is 2.49. The fourth-order valence-corrected chi connectivity index (χ4v) is 3.16. The van der Waals surface area contributed by atoms with E-state index in [9.17, 15) is 9.90 Å². The average molecular weight is 372 g/mol. The zero-order valence-corrected chi connectivity index (χ0v) is 16.3. The Kier molecular flexibility index (Phi) is 7.04. The number of rotatable bonds is 6. The fraction of sp³-hybridized carbons (Fsp3) is 0.765. The second-order valence-electron chi connectivity index (χ2n) is 7.17. The molecule has 142 valence electrons. The molecule has 1 aliphatic heterocycles. The van der Waals surface area contributed by atoms with Crippen molar-refractivity contribution in [3.8, 4) is 5.88 Å². The van der Waals surface area contributed by atoms with Crippen molar-refractivity contribution in [3.63, 3.8) is 0 Å². The van der Waals surface area contributed by atoms with E-state index in [1.165, 1.54) is 0 Å². The topological polar surface area (TPSA) is 75.1 Å². The highest BCUT2D eigenvalue weighted by Crippen LogP contribution is 2.17. The van der Waals surface area contributed by atoms with Crippen molar-refractivity contribution in [1.82, 2.24) is 14.8 Å². The number of hydrogen-bond donors (Lipinski definition) is 1. The molecule has 0 bridgehead atoms. The lowest BCUT2D eigenvalue weighted by Crippen LogP contribution is -2.51. The van der Waals surface area contributed by atoms with Gasteiger partial charge in [-0.3, -0.25) is 4.90 Å². The van der Waals surface area contributed by atoms with E-state index in [-0.39, 0.29) is 12.7 Å². The van der Waals surface area contributed by atoms with Crippen molar-refractivity contribution < 1.29 is 19.4 Å². The molecular weight excluding hydrogens is 342 g/mol. The van der Waals surface area contributed by atoms with Crippen LogP contribution in [0.15, 0.2) is 5.38 Å². The molecule has 1 amide bonds. The summed E-state index contributed by atoms with van der Waals surface area (Å²) in [5, 5.41) is 13.1. The molecule has 1 N–H and O–H groups in total. The molecule has 1 aliphatic rings. The summed E-state index contributed by atoms with van der Waals surface area (Å²) in [6.07, 6.45) is 0.0320. The van der Waals surface area contributed by atoms with Gasteiger partial charge in [0, 0.05) is 32.7 Å². The number of aliphatic hydroxyl groups excluding tert-OH is 1. The molecule has 2 heterocycles. The van der Waals surface area contributed by atoms with E-state index in [2.05, 4.69) is 9.88 Å². The van der Waals surface area contributed by atoms with Gasteiger partial charge in [0.05, 0.1) is 10.4 Å². The van der Waals surface area contributed by atoms with Crippen LogP contribution in [-0.4, -0.2) is 77.0 Å². The van der Waals surface area contributed by atoms with Crippen LogP contribution in [0.5, 0.6) is 5.88 Å². The van der Waals surface area contributed by atoms with Crippen LogP contribution in [0.4, 0.5) is 4.79 Å². The highest BCUT2D eigenvalue weighted by Gasteiger charge is 2.26. The quantitative estimate of drug-likeness (QED) is 0.824. The molecule has 1 aromatic heterocycles. The Balaban J connectivity index is 1.67. The molecule has 25 heavy (non-hydrogen) atoms. The number of ether oxygens (including phenoxy) is 2. The van der Waals surface area contributed by atoms with E-state index in [0.717, 1.165) is 11.4 Å². The van der Waals surface area contributed by atoms with Crippen molar-refractivity contribution in [3.05, 3.63) is 10.4 Å². The third-order valence-electron chi connectivity index (χ3n) is 3.75. The largest absolute Gasteiger partial charge is 0.474 e. The molecule has 1 saturated heterocycles. The number of carbonyl (C=O) groups is 1. The van der Waals surface area contributed by atoms with Gasteiger partial charge in [0.1, 0.15) is 18.3 Å². The van der Waals surface area contributed by atoms with Crippen molar-refractivity contribution in [2.45, 2.75) is 45.8 Å². The van der Waals surface area contributed by atoms with Crippen LogP contribution in [0.3, 0.4) is 0 Å². The molecule has 1 unspecified atom stereocenters. The standard InChI is InChI=1S/C17H29N3O4S/c1-5-15-18-14(12-25-15)23-11-13(21)10-19-6-8-20(9-7-19)16(22)24-17(2,3)4/h12-13,21H,5-11H2,1-4H3. The third kappa shape index (κ3) is 6.80. The lowest BCUT2D eigenvalue weighted by Gasteiger charge is -2.36. The number of aliphatic hydroxyl groups is 1. The zero-order valence-electron chi connectivity index (χ0n) is 15.5. The normalized spacial score (nSPS) is 17.4. The van der Waals surface area contributed by atoms with Crippen molar-refractivity contribution in [2.75, 3.05) is 39.3 Å². The molecule has 7 nitrogen and oxygen atoms in total. The molecule has 8 heteroatoms. The lowest BCUT2D eigenvalue weighted by molar-refractivity contribution is 0.00698. The minimum absolute atomic E-state index is 0.221. The molecule has 0 aliphatic carbocycles. The van der Waals surface area contributed by atoms with Crippen LogP contribution >= 0.6 is 11.3 Å². The maximum Gasteiger partial charge on any atom is 0.410 e. The Labute approximate surface area is 153 Å². The van der Waals surface area contributed by atoms with Crippen LogP contribution in [0, 0.1) is 0 Å². The lowest BCUT2D eigenvalue weighted by atomic mass is 10.2. The van der Waals surface area contributed by atoms with E-state index in [1.54, 1.807) is 16.2 Å². The summed E-state index contributed by atoms with van der Waals surface area (Å²) in [5.74, 6) is 0.579. The molecule has 0 radical (unpaired) electrons. The highest BCUT2D eigenvalue weighted by atomic mass is 32.1. The van der Waals surface area contributed by atoms with Gasteiger partial charge in [-0.1, -0.05) is 6.92 Å². The van der Waals surface area contributed by atoms with Gasteiger partial charge in [-0.2, -0.15) is 0 Å². The summed E-state index contributed by atoms with van der Waals surface area (Å²) < 4.78 is 10.9. The van der Waals surface area contributed by atoms with E-state index < -0.39 is 11.7 Å². The van der Waals surface area contributed by atoms with Gasteiger partial charge in [0.2, 0.25) is 5.88 Å². The minimum Gasteiger partial charge on any atom is -0.474 e. The van der Waals surface area contributed by atoms with Crippen molar-refractivity contribution in [1.29, 1.82) is 0 Å². The van der Waals surface area contributed by atoms with Crippen LogP contribution in [0.2, 0.25) is 0 Å². The smallest absolute Gasteiger partial charge is 0.410 e. The Morgan fingerprint density at radius 3 is 2.60 bits per heavy atom. The van der Waals surface area contributed by atoms with Gasteiger partial charge in [-0.05, 0) is 27.2 Å². The molecule has 0 aromatic carbocycles. The Hall–Kier alpha value is -1.38. The first-order valence-corrected chi connectivity index (χ1v) is 9.60. The van der Waals surface area contributed by atoms with Crippen molar-refractivity contribution in [2.24, 2.45) is 0 Å². The minimum atomic E-state index is -0.583. The maximum absolute atomic E-state index is 12.0. The van der Waals surface area contributed by atoms with E-state index >= 15 is 0 Å². The number of piperazine rings is 1. The van der Waals surface area contributed by atoms with Gasteiger partial charge in [-0.15, -0.1) is 11.3 Å². The first kappa shape index (κ1) is 19.9. The van der Waals surface area contributed by atoms with Gasteiger partial charge >= 0.3 is 6.09 Å². The maximum atomic E-state index is 12.0. The Morgan fingerprint density at radius 1 is 1.36 bits per heavy atom. The van der Waals surface area contributed by atoms with E-state index in [1.807, 2.05) is 33.1 Å². The number of carbonyl (C=O) groups excluding carboxylic acids is 1. The summed E-state index contributed by atoms with van der Waals surface area (Å²) >= 11 is 1.57. The number of β-amino-alcohol motifs (C(OH)–C–C–N with tert-alkyl or cyclic N) is 1. The van der Waals surface area contributed by atoms with E-state index in [4.69, 9.17) is 9.47 Å². The number of hydrogen-bond acceptors (Lipinski definition) is 7. The van der Waals surface area contributed by atoms with Crippen molar-refractivity contribution >= 4 is 17.4 Å². The summed E-state index contributed by atoms with van der Waals surface area (Å²) in [5.41, 5.74) is -0.477. The SMILES string of the molecule is CCc1nc(OCC(O)CN2CCN(C(=O)OC(C)(C)C)CC2)cs1. The van der Waals surface area contributed by atoms with Crippen LogP contribution in [-0.2, 0) is 11.2 Å². The number of nitrogens with zero attached hydrogens (tertiary/aromatic N) is 3. The number of amides is 1. The first-order chi connectivity index (χ1) is 11.8. The average Bonchev–Trinajstić information content (AvgIpc) is 3.00. The predicted molar refractivity (Wildman–Crippen MR) is 97.2 cm³/mol. The second kappa shape index (κ2) is 8.82. The number of aryl methyl sites for hydroxylation is 1. The van der Waals surface area contributed by atoms with Gasteiger partial charge < -0.3 is 19.5 Å². The molecule has 2 rings (SSSR count). The molecular formula is C17H29N3O4S. The zero-order chi connectivity index (χ0) is 18.4. The summed E-state index contributed by atoms with van der Waals surface area (Å²) in [6, 6.07) is 0. The van der Waals surface area contributed by atoms with Crippen LogP contribution in [0.25, 0.3) is 0 Å². The van der Waals surface area contributed by atoms with Crippen LogP contribution in [0.1, 0.15) is 32.7 Å². The first-order valence-electron chi connectivity index (χ1n) is 8.72. The molecule has 1 fully saturated rings. The van der Waals surface area contributed by atoms with Gasteiger partial charge in [0.25, 0.3) is 0 Å². The predicted octanol–water partition coefficient (Wildman–Crippen LogP) is 2.00. The highest BCUT2D eigenvalue weighted by molar-refractivity contribution is 7.09. The molecule has 1 aromatic rings. The second-order valence-corrected chi connectivity index (χ2v) is 8.11. The monoisotopic (exact) mass is 371 g/mol. The summed E-state index contributed by atoms with van der Waals surface area (Å²) in [6.45, 7) is 11.0. The Morgan fingerprint density at radius 2 is 2.04 bits per heavy atom. The van der Waals surface area contributed by atoms with Gasteiger partial charge in [-0.25, -0.2) is 9.78 Å². The number of aromatic nitrogens is 1. The Bertz CT molecular complexity index is 550. The molecule has 1 atom stereocenters. The summed E-state index contributed by atoms with van der Waals surface area (Å²) in [4.78, 5) is 20.2. The summed E-state index contributed by atoms with van der Waals surface area (Å²) in [7, 11) is 0. The third-order valence-corrected chi connectivity index (χ3v) is 4.72. The van der Waals surface area contributed by atoms with E-state index in [0.29, 0.717) is 38.6 Å². The number of thiazole rings is 1. The molecule has 0 saturated carbocycles. The molecule has 0 spiro atoms.